The Balaban J connectivity index is 1.59. The second-order valence-corrected chi connectivity index (χ2v) is 7.28. The van der Waals surface area contributed by atoms with E-state index in [0.717, 1.165) is 30.4 Å². The topological polar surface area (TPSA) is 0 Å². The van der Waals surface area contributed by atoms with E-state index < -0.39 is 17.5 Å². The summed E-state index contributed by atoms with van der Waals surface area (Å²) in [6.45, 7) is 2.28. The number of hydrogen-bond donors (Lipinski definition) is 0. The van der Waals surface area contributed by atoms with Gasteiger partial charge in [-0.3, -0.25) is 0 Å². The summed E-state index contributed by atoms with van der Waals surface area (Å²) in [7, 11) is 0. The van der Waals surface area contributed by atoms with Gasteiger partial charge in [0.15, 0.2) is 17.5 Å². The van der Waals surface area contributed by atoms with E-state index >= 15 is 0 Å². The van der Waals surface area contributed by atoms with Crippen LogP contribution in [-0.4, -0.2) is 0 Å². The van der Waals surface area contributed by atoms with Gasteiger partial charge >= 0.3 is 0 Å². The Morgan fingerprint density at radius 2 is 1.36 bits per heavy atom. The van der Waals surface area contributed by atoms with Gasteiger partial charge in [0.2, 0.25) is 0 Å². The van der Waals surface area contributed by atoms with Crippen molar-refractivity contribution in [2.75, 3.05) is 0 Å². The summed E-state index contributed by atoms with van der Waals surface area (Å²) >= 11 is 0. The monoisotopic (exact) mass is 346 g/mol. The first-order chi connectivity index (χ1) is 12.1. The van der Waals surface area contributed by atoms with E-state index in [1.807, 2.05) is 24.3 Å². The van der Waals surface area contributed by atoms with Gasteiger partial charge in [-0.15, -0.1) is 0 Å². The third-order valence-electron chi connectivity index (χ3n) is 5.66. The molecule has 0 nitrogen and oxygen atoms in total. The van der Waals surface area contributed by atoms with Gasteiger partial charge in [0.1, 0.15) is 0 Å². The zero-order chi connectivity index (χ0) is 17.8. The molecule has 0 atom stereocenters. The van der Waals surface area contributed by atoms with E-state index in [-0.39, 0.29) is 0 Å². The number of hydrogen-bond acceptors (Lipinski definition) is 0. The Kier molecular flexibility index (Phi) is 5.82. The van der Waals surface area contributed by atoms with E-state index in [1.54, 1.807) is 0 Å². The lowest BCUT2D eigenvalue weighted by molar-refractivity contribution is 0.259. The molecule has 0 unspecified atom stereocenters. The molecule has 2 aromatic carbocycles. The van der Waals surface area contributed by atoms with Crippen LogP contribution in [0.15, 0.2) is 36.4 Å². The second kappa shape index (κ2) is 8.07. The molecule has 1 fully saturated rings. The molecule has 0 saturated heterocycles. The largest absolute Gasteiger partial charge is 0.204 e. The molecule has 0 aromatic heterocycles. The zero-order valence-electron chi connectivity index (χ0n) is 14.7. The molecule has 25 heavy (non-hydrogen) atoms. The van der Waals surface area contributed by atoms with Crippen molar-refractivity contribution in [1.29, 1.82) is 0 Å². The van der Waals surface area contributed by atoms with Crippen molar-refractivity contribution in [3.8, 4) is 11.1 Å². The number of rotatable bonds is 5. The summed E-state index contributed by atoms with van der Waals surface area (Å²) in [5.41, 5.74) is 2.30. The minimum Gasteiger partial charge on any atom is -0.204 e. The van der Waals surface area contributed by atoms with Crippen LogP contribution in [0.25, 0.3) is 11.1 Å². The summed E-state index contributed by atoms with van der Waals surface area (Å²) in [4.78, 5) is 0. The van der Waals surface area contributed by atoms with Crippen LogP contribution >= 0.6 is 0 Å². The summed E-state index contributed by atoms with van der Waals surface area (Å²) in [6, 6.07) is 9.81. The molecule has 1 saturated carbocycles. The summed E-state index contributed by atoms with van der Waals surface area (Å²) in [5, 5.41) is 0. The highest BCUT2D eigenvalue weighted by Crippen LogP contribution is 2.33. The second-order valence-electron chi connectivity index (χ2n) is 7.28. The van der Waals surface area contributed by atoms with Crippen LogP contribution in [0.4, 0.5) is 13.2 Å². The molecule has 0 heterocycles. The standard InChI is InChI=1S/C22H25F3/c1-2-15-3-5-16(6-4-15)7-8-17-9-11-18(12-10-17)19-13-20(23)22(25)21(24)14-19/h9-16H,2-8H2,1H3/t15-,16-. The van der Waals surface area contributed by atoms with Crippen molar-refractivity contribution in [1.82, 2.24) is 0 Å². The van der Waals surface area contributed by atoms with Crippen LogP contribution in [0.1, 0.15) is 51.0 Å². The van der Waals surface area contributed by atoms with Crippen LogP contribution < -0.4 is 0 Å². The molecule has 0 spiro atoms. The van der Waals surface area contributed by atoms with Crippen molar-refractivity contribution < 1.29 is 13.2 Å². The molecule has 0 bridgehead atoms. The zero-order valence-corrected chi connectivity index (χ0v) is 14.7. The molecule has 0 radical (unpaired) electrons. The van der Waals surface area contributed by atoms with E-state index in [4.69, 9.17) is 0 Å². The molecule has 0 amide bonds. The smallest absolute Gasteiger partial charge is 0.194 e. The van der Waals surface area contributed by atoms with Crippen molar-refractivity contribution in [2.24, 2.45) is 11.8 Å². The maximum Gasteiger partial charge on any atom is 0.194 e. The highest BCUT2D eigenvalue weighted by atomic mass is 19.2. The molecule has 0 aliphatic heterocycles. The van der Waals surface area contributed by atoms with Crippen molar-refractivity contribution in [2.45, 2.75) is 51.9 Å². The van der Waals surface area contributed by atoms with Crippen LogP contribution in [0.3, 0.4) is 0 Å². The van der Waals surface area contributed by atoms with Gasteiger partial charge in [-0.2, -0.15) is 0 Å². The third kappa shape index (κ3) is 4.45. The van der Waals surface area contributed by atoms with E-state index in [0.29, 0.717) is 11.1 Å². The van der Waals surface area contributed by atoms with Crippen LogP contribution in [0.5, 0.6) is 0 Å². The highest BCUT2D eigenvalue weighted by molar-refractivity contribution is 5.63. The fraction of sp³-hybridized carbons (Fsp3) is 0.455. The Labute approximate surface area is 148 Å². The number of benzene rings is 2. The molecule has 3 rings (SSSR count). The average molecular weight is 346 g/mol. The van der Waals surface area contributed by atoms with E-state index in [2.05, 4.69) is 6.92 Å². The first kappa shape index (κ1) is 18.0. The van der Waals surface area contributed by atoms with Gasteiger partial charge in [0.05, 0.1) is 0 Å². The lowest BCUT2D eigenvalue weighted by atomic mass is 9.78. The molecule has 1 aliphatic rings. The predicted molar refractivity (Wildman–Crippen MR) is 95.8 cm³/mol. The van der Waals surface area contributed by atoms with Crippen LogP contribution in [-0.2, 0) is 6.42 Å². The Hall–Kier alpha value is -1.77. The average Bonchev–Trinajstić information content (AvgIpc) is 2.65. The van der Waals surface area contributed by atoms with Crippen molar-refractivity contribution in [3.63, 3.8) is 0 Å². The Morgan fingerprint density at radius 1 is 0.800 bits per heavy atom. The lowest BCUT2D eigenvalue weighted by Gasteiger charge is -2.27. The van der Waals surface area contributed by atoms with Crippen molar-refractivity contribution >= 4 is 0 Å². The van der Waals surface area contributed by atoms with Gasteiger partial charge < -0.3 is 0 Å². The molecule has 1 aliphatic carbocycles. The molecule has 3 heteroatoms. The fourth-order valence-electron chi connectivity index (χ4n) is 3.89. The quantitative estimate of drug-likeness (QED) is 0.515. The first-order valence-electron chi connectivity index (χ1n) is 9.30. The summed E-state index contributed by atoms with van der Waals surface area (Å²) < 4.78 is 39.8. The number of aryl methyl sites for hydroxylation is 1. The maximum absolute atomic E-state index is 13.4. The Bertz CT molecular complexity index is 675. The first-order valence-corrected chi connectivity index (χ1v) is 9.30. The molecule has 0 N–H and O–H groups in total. The molecule has 2 aromatic rings. The Morgan fingerprint density at radius 3 is 1.92 bits per heavy atom. The minimum absolute atomic E-state index is 0.362. The minimum atomic E-state index is -1.42. The summed E-state index contributed by atoms with van der Waals surface area (Å²) in [5.74, 6) is -1.98. The molecule has 134 valence electrons. The van der Waals surface area contributed by atoms with E-state index in [1.165, 1.54) is 44.1 Å². The van der Waals surface area contributed by atoms with Crippen molar-refractivity contribution in [3.05, 3.63) is 59.4 Å². The molecular weight excluding hydrogens is 321 g/mol. The number of halogens is 3. The van der Waals surface area contributed by atoms with Gasteiger partial charge in [0, 0.05) is 0 Å². The van der Waals surface area contributed by atoms with Crippen LogP contribution in [0.2, 0.25) is 0 Å². The van der Waals surface area contributed by atoms with Gasteiger partial charge in [-0.05, 0) is 53.5 Å². The predicted octanol–water partition coefficient (Wildman–Crippen LogP) is 6.92. The SMILES string of the molecule is CC[C@H]1CC[C@H](CCc2ccc(-c3cc(F)c(F)c(F)c3)cc2)CC1. The highest BCUT2D eigenvalue weighted by Gasteiger charge is 2.19. The molecular formula is C22H25F3. The lowest BCUT2D eigenvalue weighted by Crippen LogP contribution is -2.14. The maximum atomic E-state index is 13.4. The van der Waals surface area contributed by atoms with Gasteiger partial charge in [0.25, 0.3) is 0 Å². The summed E-state index contributed by atoms with van der Waals surface area (Å²) in [6.07, 6.45) is 8.95. The normalized spacial score (nSPS) is 20.6. The van der Waals surface area contributed by atoms with E-state index in [9.17, 15) is 13.2 Å². The van der Waals surface area contributed by atoms with Gasteiger partial charge in [-0.1, -0.05) is 63.3 Å². The third-order valence-corrected chi connectivity index (χ3v) is 5.66. The van der Waals surface area contributed by atoms with Crippen LogP contribution in [0, 0.1) is 29.3 Å². The van der Waals surface area contributed by atoms with Gasteiger partial charge in [-0.25, -0.2) is 13.2 Å². The fourth-order valence-corrected chi connectivity index (χ4v) is 3.89.